The second-order valence-corrected chi connectivity index (χ2v) is 12.8. The third-order valence-electron chi connectivity index (χ3n) is 9.15. The van der Waals surface area contributed by atoms with E-state index in [0.717, 1.165) is 82.3 Å². The fraction of sp³-hybridized carbons (Fsp3) is 0. The Morgan fingerprint density at radius 1 is 0.574 bits per heavy atom. The Labute approximate surface area is 272 Å². The SMILES string of the molecule is N#Cc1ccc2c3cc(-c4cccc(-c5nc6ccccc6c6nc7sc8ccccc8n7c56)c4)ccc3n(-c3ccccc3)c2c1. The molecule has 5 nitrogen and oxygen atoms in total. The summed E-state index contributed by atoms with van der Waals surface area (Å²) in [6.45, 7) is 0. The first-order valence-electron chi connectivity index (χ1n) is 15.5. The van der Waals surface area contributed by atoms with Gasteiger partial charge in [0.2, 0.25) is 0 Å². The Kier molecular flexibility index (Phi) is 5.45. The number of imidazole rings is 1. The van der Waals surface area contributed by atoms with Gasteiger partial charge in [-0.2, -0.15) is 5.26 Å². The zero-order valence-electron chi connectivity index (χ0n) is 24.9. The van der Waals surface area contributed by atoms with Gasteiger partial charge in [-0.3, -0.25) is 4.40 Å². The second-order valence-electron chi connectivity index (χ2n) is 11.8. The van der Waals surface area contributed by atoms with Gasteiger partial charge in [-0.25, -0.2) is 9.97 Å². The van der Waals surface area contributed by atoms with E-state index in [-0.39, 0.29) is 0 Å². The molecular weight excluding hydrogens is 595 g/mol. The molecule has 4 aromatic heterocycles. The van der Waals surface area contributed by atoms with Crippen molar-refractivity contribution in [1.29, 1.82) is 5.26 Å². The lowest BCUT2D eigenvalue weighted by Gasteiger charge is -2.10. The number of para-hydroxylation sites is 3. The molecule has 0 radical (unpaired) electrons. The van der Waals surface area contributed by atoms with Crippen LogP contribution in [-0.4, -0.2) is 18.9 Å². The number of nitriles is 1. The molecule has 0 aliphatic rings. The van der Waals surface area contributed by atoms with Crippen LogP contribution in [-0.2, 0) is 0 Å². The van der Waals surface area contributed by atoms with Gasteiger partial charge in [0.15, 0.2) is 4.96 Å². The van der Waals surface area contributed by atoms with E-state index in [2.05, 4.69) is 118 Å². The van der Waals surface area contributed by atoms with Crippen LogP contribution in [0.25, 0.3) is 87.0 Å². The van der Waals surface area contributed by atoms with Gasteiger partial charge in [0.25, 0.3) is 0 Å². The van der Waals surface area contributed by atoms with Gasteiger partial charge in [0.1, 0.15) is 11.0 Å². The Morgan fingerprint density at radius 2 is 1.38 bits per heavy atom. The molecular formula is C41H23N5S. The van der Waals surface area contributed by atoms with E-state index in [1.165, 1.54) is 4.70 Å². The molecule has 0 saturated heterocycles. The van der Waals surface area contributed by atoms with Gasteiger partial charge in [-0.15, -0.1) is 0 Å². The van der Waals surface area contributed by atoms with E-state index in [1.807, 2.05) is 36.4 Å². The maximum atomic E-state index is 9.69. The number of nitrogens with zero attached hydrogens (tertiary/aromatic N) is 5. The third kappa shape index (κ3) is 3.81. The molecule has 0 unspecified atom stereocenters. The zero-order chi connectivity index (χ0) is 31.1. The Hall–Kier alpha value is -6.29. The van der Waals surface area contributed by atoms with E-state index in [1.54, 1.807) is 11.3 Å². The number of hydrogen-bond donors (Lipinski definition) is 0. The first-order valence-corrected chi connectivity index (χ1v) is 16.3. The van der Waals surface area contributed by atoms with Crippen LogP contribution >= 0.6 is 11.3 Å². The Balaban J connectivity index is 1.21. The second kappa shape index (κ2) is 9.85. The lowest BCUT2D eigenvalue weighted by molar-refractivity contribution is 1.18. The average Bonchev–Trinajstić information content (AvgIpc) is 3.79. The highest BCUT2D eigenvalue weighted by atomic mass is 32.1. The zero-order valence-corrected chi connectivity index (χ0v) is 25.7. The molecule has 0 saturated carbocycles. The summed E-state index contributed by atoms with van der Waals surface area (Å²) >= 11 is 1.71. The fourth-order valence-corrected chi connectivity index (χ4v) is 8.07. The van der Waals surface area contributed by atoms with Crippen molar-refractivity contribution in [2.75, 3.05) is 0 Å². The molecule has 218 valence electrons. The van der Waals surface area contributed by atoms with E-state index < -0.39 is 0 Å². The molecule has 0 amide bonds. The van der Waals surface area contributed by atoms with Crippen molar-refractivity contribution in [1.82, 2.24) is 18.9 Å². The third-order valence-corrected chi connectivity index (χ3v) is 10.2. The lowest BCUT2D eigenvalue weighted by atomic mass is 9.98. The van der Waals surface area contributed by atoms with Crippen LogP contribution in [0.15, 0.2) is 140 Å². The molecule has 0 atom stereocenters. The maximum absolute atomic E-state index is 9.69. The number of fused-ring (bicyclic) bond motifs is 10. The van der Waals surface area contributed by atoms with E-state index in [4.69, 9.17) is 9.97 Å². The van der Waals surface area contributed by atoms with Crippen LogP contribution in [0.1, 0.15) is 5.56 Å². The number of pyridine rings is 1. The van der Waals surface area contributed by atoms with Crippen LogP contribution in [0.3, 0.4) is 0 Å². The molecule has 0 aliphatic heterocycles. The topological polar surface area (TPSA) is 58.9 Å². The molecule has 0 bridgehead atoms. The number of benzene rings is 6. The molecule has 10 aromatic rings. The van der Waals surface area contributed by atoms with Crippen LogP contribution in [0.4, 0.5) is 0 Å². The minimum absolute atomic E-state index is 0.645. The lowest BCUT2D eigenvalue weighted by Crippen LogP contribution is -1.93. The molecule has 4 heterocycles. The van der Waals surface area contributed by atoms with Crippen molar-refractivity contribution in [3.63, 3.8) is 0 Å². The summed E-state index contributed by atoms with van der Waals surface area (Å²) in [7, 11) is 0. The molecule has 10 rings (SSSR count). The summed E-state index contributed by atoms with van der Waals surface area (Å²) in [4.78, 5) is 11.4. The van der Waals surface area contributed by atoms with Gasteiger partial charge in [-0.1, -0.05) is 90.2 Å². The quantitative estimate of drug-likeness (QED) is 0.198. The standard InChI is InChI=1S/C41H23N5S/c42-24-25-17-19-30-32-23-27(18-20-34(32)45(36(30)21-25)29-11-2-1-3-12-29)26-9-8-10-28(22-26)38-40-39(31-13-4-5-14-33(31)43-38)44-41-46(40)35-15-6-7-16-37(35)47-41/h1-23H. The average molecular weight is 618 g/mol. The normalized spacial score (nSPS) is 11.8. The fourth-order valence-electron chi connectivity index (χ4n) is 7.04. The predicted molar refractivity (Wildman–Crippen MR) is 193 cm³/mol. The highest BCUT2D eigenvalue weighted by Gasteiger charge is 2.20. The number of hydrogen-bond acceptors (Lipinski definition) is 4. The molecule has 0 fully saturated rings. The monoisotopic (exact) mass is 617 g/mol. The molecule has 6 aromatic carbocycles. The van der Waals surface area contributed by atoms with E-state index in [0.29, 0.717) is 5.56 Å². The van der Waals surface area contributed by atoms with Crippen LogP contribution in [0, 0.1) is 11.3 Å². The van der Waals surface area contributed by atoms with Crippen LogP contribution in [0.2, 0.25) is 0 Å². The minimum Gasteiger partial charge on any atom is -0.309 e. The summed E-state index contributed by atoms with van der Waals surface area (Å²) in [5.41, 5.74) is 12.1. The van der Waals surface area contributed by atoms with Crippen molar-refractivity contribution in [2.24, 2.45) is 0 Å². The van der Waals surface area contributed by atoms with Crippen molar-refractivity contribution < 1.29 is 0 Å². The number of aromatic nitrogens is 4. The Morgan fingerprint density at radius 3 is 2.30 bits per heavy atom. The van der Waals surface area contributed by atoms with Crippen molar-refractivity contribution >= 4 is 70.3 Å². The van der Waals surface area contributed by atoms with Gasteiger partial charge in [0.05, 0.1) is 44.1 Å². The first kappa shape index (κ1) is 26.0. The molecule has 6 heteroatoms. The van der Waals surface area contributed by atoms with E-state index in [9.17, 15) is 5.26 Å². The maximum Gasteiger partial charge on any atom is 0.195 e. The van der Waals surface area contributed by atoms with Crippen molar-refractivity contribution in [3.8, 4) is 34.1 Å². The summed E-state index contributed by atoms with van der Waals surface area (Å²) in [5, 5.41) is 13.0. The van der Waals surface area contributed by atoms with Gasteiger partial charge >= 0.3 is 0 Å². The van der Waals surface area contributed by atoms with Gasteiger partial charge in [0, 0.05) is 27.4 Å². The van der Waals surface area contributed by atoms with Crippen molar-refractivity contribution in [3.05, 3.63) is 145 Å². The van der Waals surface area contributed by atoms with Gasteiger partial charge < -0.3 is 4.57 Å². The summed E-state index contributed by atoms with van der Waals surface area (Å²) in [5.74, 6) is 0. The number of rotatable bonds is 3. The minimum atomic E-state index is 0.645. The largest absolute Gasteiger partial charge is 0.309 e. The smallest absolute Gasteiger partial charge is 0.195 e. The predicted octanol–water partition coefficient (Wildman–Crippen LogP) is 10.6. The van der Waals surface area contributed by atoms with Crippen LogP contribution in [0.5, 0.6) is 0 Å². The highest BCUT2D eigenvalue weighted by Crippen LogP contribution is 2.40. The van der Waals surface area contributed by atoms with Crippen LogP contribution < -0.4 is 0 Å². The van der Waals surface area contributed by atoms with Gasteiger partial charge in [-0.05, 0) is 71.8 Å². The van der Waals surface area contributed by atoms with E-state index >= 15 is 0 Å². The summed E-state index contributed by atoms with van der Waals surface area (Å²) < 4.78 is 5.73. The Bertz CT molecular complexity index is 2920. The molecule has 0 N–H and O–H groups in total. The highest BCUT2D eigenvalue weighted by molar-refractivity contribution is 7.23. The summed E-state index contributed by atoms with van der Waals surface area (Å²) in [6, 6.07) is 50.7. The summed E-state index contributed by atoms with van der Waals surface area (Å²) in [6.07, 6.45) is 0. The molecule has 47 heavy (non-hydrogen) atoms. The van der Waals surface area contributed by atoms with Crippen molar-refractivity contribution in [2.45, 2.75) is 0 Å². The molecule has 0 aliphatic carbocycles. The number of thiazole rings is 1. The molecule has 0 spiro atoms. The first-order chi connectivity index (χ1) is 23.2.